The predicted molar refractivity (Wildman–Crippen MR) is 266 cm³/mol. The van der Waals surface area contributed by atoms with Gasteiger partial charge in [-0.1, -0.05) is 120 Å². The second-order valence-corrected chi connectivity index (χ2v) is 14.8. The van der Waals surface area contributed by atoms with Gasteiger partial charge in [-0.2, -0.15) is 0 Å². The number of ketones is 2. The summed E-state index contributed by atoms with van der Waals surface area (Å²) in [6, 6.07) is 42.2. The first-order valence-electron chi connectivity index (χ1n) is 20.1. The molecule has 0 fully saturated rings. The summed E-state index contributed by atoms with van der Waals surface area (Å²) in [7, 11) is 0. The van der Waals surface area contributed by atoms with E-state index < -0.39 is 46.1 Å². The van der Waals surface area contributed by atoms with Crippen molar-refractivity contribution < 1.29 is 65.7 Å². The summed E-state index contributed by atoms with van der Waals surface area (Å²) < 4.78 is 68.0. The Labute approximate surface area is 440 Å². The topological polar surface area (TPSA) is 125 Å². The zero-order chi connectivity index (χ0) is 47.1. The Kier molecular flexibility index (Phi) is 21.5. The number of aliphatic imine (C=N–C) groups is 2. The molecule has 8 nitrogen and oxygen atoms in total. The first kappa shape index (κ1) is 57.9. The molecule has 0 atom stereocenters. The van der Waals surface area contributed by atoms with Crippen LogP contribution in [0.25, 0.3) is 44.6 Å². The van der Waals surface area contributed by atoms with E-state index in [2.05, 4.69) is 32.2 Å². The Bertz CT molecular complexity index is 3280. The number of aromatic nitrogens is 2. The average Bonchev–Trinajstić information content (AvgIpc) is 3.33. The van der Waals surface area contributed by atoms with Crippen molar-refractivity contribution >= 4 is 69.3 Å². The quantitative estimate of drug-likeness (QED) is 0.0269. The molecule has 2 aromatic heterocycles. The third-order valence-corrected chi connectivity index (χ3v) is 10.2. The van der Waals surface area contributed by atoms with Crippen LogP contribution in [0.3, 0.4) is 0 Å². The smallest absolute Gasteiger partial charge is 0.407 e. The SMILES string of the molecule is Br.Br.Cc1cc(C)c(N=CC(=O)c2cc(-c3ccccc3)[nH]c(=O)c2-c2ccccc2)c(C)c1.O=C(C=Nc1c(F)c(F)c(F)c(F)c1F)c1[c-][nH]c(=O)c(-c2ccccc2)c1-c1[c-]cccc1.[Cu+].[Fe]. The van der Waals surface area contributed by atoms with Crippen molar-refractivity contribution in [3.05, 3.63) is 223 Å². The van der Waals surface area contributed by atoms with E-state index >= 15 is 0 Å². The number of carbonyl (C=O) groups excluding carboxylic acids is 2. The van der Waals surface area contributed by atoms with Gasteiger partial charge < -0.3 is 19.6 Å². The molecular weight excluding hydrogens is 1130 g/mol. The molecule has 17 heteroatoms. The van der Waals surface area contributed by atoms with Gasteiger partial charge in [0, 0.05) is 34.5 Å². The largest absolute Gasteiger partial charge is 1.00 e. The van der Waals surface area contributed by atoms with E-state index in [1.54, 1.807) is 60.7 Å². The zero-order valence-electron chi connectivity index (χ0n) is 36.7. The van der Waals surface area contributed by atoms with Crippen LogP contribution in [0, 0.1) is 62.1 Å². The van der Waals surface area contributed by atoms with E-state index in [1.807, 2.05) is 93.6 Å². The Morgan fingerprint density at radius 2 is 1.03 bits per heavy atom. The number of halogens is 7. The van der Waals surface area contributed by atoms with Gasteiger partial charge in [0.15, 0.2) is 28.8 Å². The van der Waals surface area contributed by atoms with Crippen LogP contribution < -0.4 is 11.1 Å². The average molecular weight is 1170 g/mol. The number of Topliss-reactive ketones (excluding diaryl/α,β-unsaturated/α-hetero) is 2. The summed E-state index contributed by atoms with van der Waals surface area (Å²) in [5.41, 5.74) is 5.04. The summed E-state index contributed by atoms with van der Waals surface area (Å²) in [6.07, 6.45) is 4.13. The molecule has 0 unspecified atom stereocenters. The van der Waals surface area contributed by atoms with E-state index in [-0.39, 0.29) is 96.1 Å². The zero-order valence-corrected chi connectivity index (χ0v) is 42.2. The molecule has 0 saturated heterocycles. The molecule has 70 heavy (non-hydrogen) atoms. The van der Waals surface area contributed by atoms with Crippen LogP contribution in [0.4, 0.5) is 33.3 Å². The molecule has 6 aromatic carbocycles. The van der Waals surface area contributed by atoms with Crippen LogP contribution in [-0.4, -0.2) is 34.0 Å². The normalized spacial score (nSPS) is 10.5. The first-order valence-corrected chi connectivity index (χ1v) is 20.1. The van der Waals surface area contributed by atoms with Crippen molar-refractivity contribution in [3.8, 4) is 44.6 Å². The molecule has 0 aliphatic carbocycles. The van der Waals surface area contributed by atoms with Gasteiger partial charge in [0.05, 0.1) is 17.5 Å². The summed E-state index contributed by atoms with van der Waals surface area (Å²) in [4.78, 5) is 65.0. The van der Waals surface area contributed by atoms with E-state index in [0.717, 1.165) is 27.9 Å². The minimum absolute atomic E-state index is 0. The number of benzene rings is 6. The molecule has 362 valence electrons. The van der Waals surface area contributed by atoms with Crippen LogP contribution in [0.2, 0.25) is 0 Å². The molecule has 2 N–H and O–H groups in total. The molecule has 0 aliphatic heterocycles. The van der Waals surface area contributed by atoms with Gasteiger partial charge in [0.2, 0.25) is 11.6 Å². The molecule has 0 aliphatic rings. The molecule has 0 saturated carbocycles. The van der Waals surface area contributed by atoms with Crippen molar-refractivity contribution in [3.63, 3.8) is 0 Å². The number of hydrogen-bond acceptors (Lipinski definition) is 6. The number of carbonyl (C=O) groups is 2. The molecular formula is C53H37Br2CuF5FeN4O4-. The summed E-state index contributed by atoms with van der Waals surface area (Å²) in [5, 5.41) is 0. The second kappa shape index (κ2) is 26.0. The maximum absolute atomic E-state index is 13.9. The molecule has 0 bridgehead atoms. The van der Waals surface area contributed by atoms with Gasteiger partial charge in [-0.3, -0.25) is 19.6 Å². The Morgan fingerprint density at radius 1 is 0.557 bits per heavy atom. The van der Waals surface area contributed by atoms with E-state index in [9.17, 15) is 41.1 Å². The minimum atomic E-state index is -2.34. The standard InChI is InChI=1S/C28H24N2O2.C25H11F5N2O2.2BrH.Cu.Fe/c1-18-14-19(2)27(20(3)15-18)29-17-25(31)23-16-24(21-10-6-4-7-11-21)30-28(32)26(23)22-12-8-5-9-13-22;26-19-20(27)22(29)24(23(30)21(19)28)31-12-16(33)15-11-32-25(34)18(14-9-5-2-6-10-14)17(15)13-7-3-1-4-8-13;;;;/h4-17H,1-3H3,(H,30,32);1-7,9-10,12H,(H,32,34);2*1H;;/q;-2;;;+1;. The van der Waals surface area contributed by atoms with E-state index in [0.29, 0.717) is 39.7 Å². The maximum Gasteiger partial charge on any atom is 1.00 e. The van der Waals surface area contributed by atoms with E-state index in [1.165, 1.54) is 6.21 Å². The van der Waals surface area contributed by atoms with Crippen molar-refractivity contribution in [1.82, 2.24) is 9.97 Å². The van der Waals surface area contributed by atoms with Crippen LogP contribution in [0.5, 0.6) is 0 Å². The number of aryl methyl sites for hydroxylation is 3. The predicted octanol–water partition coefficient (Wildman–Crippen LogP) is 13.0. The second-order valence-electron chi connectivity index (χ2n) is 14.8. The van der Waals surface area contributed by atoms with Gasteiger partial charge in [0.1, 0.15) is 11.5 Å². The number of aromatic amines is 2. The summed E-state index contributed by atoms with van der Waals surface area (Å²) in [5.74, 6) is -12.4. The monoisotopic (exact) mass is 1160 g/mol. The van der Waals surface area contributed by atoms with Gasteiger partial charge in [-0.05, 0) is 60.2 Å². The van der Waals surface area contributed by atoms with Gasteiger partial charge in [0.25, 0.3) is 5.56 Å². The van der Waals surface area contributed by atoms with Crippen LogP contribution >= 0.6 is 34.0 Å². The van der Waals surface area contributed by atoms with E-state index in [4.69, 9.17) is 0 Å². The minimum Gasteiger partial charge on any atom is -0.407 e. The van der Waals surface area contributed by atoms with Crippen LogP contribution in [0.15, 0.2) is 153 Å². The molecule has 8 rings (SSSR count). The third-order valence-electron chi connectivity index (χ3n) is 10.2. The third kappa shape index (κ3) is 12.8. The molecule has 0 radical (unpaired) electrons. The molecule has 8 aromatic rings. The van der Waals surface area contributed by atoms with Crippen molar-refractivity contribution in [1.29, 1.82) is 0 Å². The van der Waals surface area contributed by atoms with Crippen molar-refractivity contribution in [2.45, 2.75) is 20.8 Å². The number of rotatable bonds is 10. The van der Waals surface area contributed by atoms with Crippen molar-refractivity contribution in [2.75, 3.05) is 0 Å². The first-order chi connectivity index (χ1) is 31.7. The fourth-order valence-corrected chi connectivity index (χ4v) is 7.25. The molecule has 0 spiro atoms. The Morgan fingerprint density at radius 3 is 1.56 bits per heavy atom. The number of nitrogens with zero attached hydrogens (tertiary/aromatic N) is 2. The molecule has 2 heterocycles. The Hall–Kier alpha value is -6.45. The molecule has 0 amide bonds. The van der Waals surface area contributed by atoms with Gasteiger partial charge in [-0.25, -0.2) is 22.0 Å². The number of H-pyrrole nitrogens is 2. The van der Waals surface area contributed by atoms with Crippen LogP contribution in [-0.2, 0) is 34.1 Å². The maximum atomic E-state index is 13.9. The van der Waals surface area contributed by atoms with Crippen LogP contribution in [0.1, 0.15) is 37.4 Å². The number of pyridine rings is 2. The fourth-order valence-electron chi connectivity index (χ4n) is 7.25. The summed E-state index contributed by atoms with van der Waals surface area (Å²) in [6.45, 7) is 5.99. The Balaban J connectivity index is 0.000000351. The number of nitrogens with one attached hydrogen (secondary N) is 2. The fraction of sp³-hybridized carbons (Fsp3) is 0.0566. The van der Waals surface area contributed by atoms with Gasteiger partial charge >= 0.3 is 17.1 Å². The van der Waals surface area contributed by atoms with Gasteiger partial charge in [-0.15, -0.1) is 75.4 Å². The number of hydrogen-bond donors (Lipinski definition) is 2. The summed E-state index contributed by atoms with van der Waals surface area (Å²) >= 11 is 0. The van der Waals surface area contributed by atoms with Crippen molar-refractivity contribution in [2.24, 2.45) is 9.98 Å².